The van der Waals surface area contributed by atoms with Gasteiger partial charge in [0.15, 0.2) is 0 Å². The predicted molar refractivity (Wildman–Crippen MR) is 61.8 cm³/mol. The average Bonchev–Trinajstić information content (AvgIpc) is 3.10. The molecule has 1 unspecified atom stereocenters. The van der Waals surface area contributed by atoms with Gasteiger partial charge in [0.25, 0.3) is 0 Å². The molecule has 1 saturated carbocycles. The molecule has 1 aromatic rings. The number of benzene rings is 1. The summed E-state index contributed by atoms with van der Waals surface area (Å²) in [6, 6.07) is 6.40. The van der Waals surface area contributed by atoms with Gasteiger partial charge in [0.2, 0.25) is 0 Å². The van der Waals surface area contributed by atoms with Crippen LogP contribution in [0.3, 0.4) is 0 Å². The van der Waals surface area contributed by atoms with E-state index in [0.29, 0.717) is 6.04 Å². The Hall–Kier alpha value is -0.930. The van der Waals surface area contributed by atoms with Crippen molar-refractivity contribution in [3.63, 3.8) is 0 Å². The maximum atomic E-state index is 13.0. The molecular weight excluding hydrogens is 203 g/mol. The Morgan fingerprint density at radius 1 is 1.31 bits per heavy atom. The molecule has 0 amide bonds. The molecule has 86 valence electrons. The molecule has 2 N–H and O–H groups in total. The lowest BCUT2D eigenvalue weighted by Gasteiger charge is -2.26. The second kappa shape index (κ2) is 4.15. The molecule has 0 bridgehead atoms. The highest BCUT2D eigenvalue weighted by Gasteiger charge is 2.23. The van der Waals surface area contributed by atoms with Crippen molar-refractivity contribution in [2.75, 3.05) is 6.54 Å². The molecule has 0 aromatic heterocycles. The fourth-order valence-corrected chi connectivity index (χ4v) is 2.29. The van der Waals surface area contributed by atoms with Crippen LogP contribution in [-0.2, 0) is 13.0 Å². The van der Waals surface area contributed by atoms with Crippen molar-refractivity contribution >= 4 is 0 Å². The van der Waals surface area contributed by atoms with Crippen LogP contribution in [0.5, 0.6) is 0 Å². The zero-order valence-electron chi connectivity index (χ0n) is 9.30. The number of rotatable bonds is 3. The maximum Gasteiger partial charge on any atom is 0.123 e. The Morgan fingerprint density at radius 3 is 3.00 bits per heavy atom. The van der Waals surface area contributed by atoms with E-state index in [1.807, 2.05) is 6.07 Å². The van der Waals surface area contributed by atoms with Crippen molar-refractivity contribution < 1.29 is 4.39 Å². The second-order valence-electron chi connectivity index (χ2n) is 4.88. The van der Waals surface area contributed by atoms with E-state index < -0.39 is 0 Å². The van der Waals surface area contributed by atoms with Crippen LogP contribution in [0.25, 0.3) is 0 Å². The Labute approximate surface area is 95.2 Å². The van der Waals surface area contributed by atoms with Gasteiger partial charge in [-0.1, -0.05) is 6.07 Å². The summed E-state index contributed by atoms with van der Waals surface area (Å²) in [6.45, 7) is 1.82. The van der Waals surface area contributed by atoms with Crippen LogP contribution in [0.15, 0.2) is 18.2 Å². The van der Waals surface area contributed by atoms with E-state index in [9.17, 15) is 4.39 Å². The molecule has 2 nitrogen and oxygen atoms in total. The van der Waals surface area contributed by atoms with Gasteiger partial charge in [-0.15, -0.1) is 0 Å². The number of halogens is 1. The van der Waals surface area contributed by atoms with Crippen LogP contribution < -0.4 is 10.6 Å². The molecule has 1 fully saturated rings. The number of nitrogens with one attached hydrogen (secondary N) is 2. The molecule has 0 spiro atoms. The summed E-state index contributed by atoms with van der Waals surface area (Å²) in [5.41, 5.74) is 2.41. The third-order valence-electron chi connectivity index (χ3n) is 3.45. The molecule has 0 radical (unpaired) electrons. The molecule has 1 aromatic carbocycles. The van der Waals surface area contributed by atoms with Crippen LogP contribution in [0.2, 0.25) is 0 Å². The number of hydrogen-bond acceptors (Lipinski definition) is 2. The molecule has 1 aliphatic heterocycles. The molecule has 2 aliphatic rings. The third kappa shape index (κ3) is 2.25. The lowest BCUT2D eigenvalue weighted by atomic mass is 9.96. The molecule has 3 heteroatoms. The minimum absolute atomic E-state index is 0.130. The van der Waals surface area contributed by atoms with Gasteiger partial charge in [0.05, 0.1) is 0 Å². The highest BCUT2D eigenvalue weighted by Crippen LogP contribution is 2.20. The monoisotopic (exact) mass is 220 g/mol. The summed E-state index contributed by atoms with van der Waals surface area (Å²) in [4.78, 5) is 0. The summed E-state index contributed by atoms with van der Waals surface area (Å²) in [5, 5.41) is 6.99. The summed E-state index contributed by atoms with van der Waals surface area (Å²) >= 11 is 0. The first-order valence-electron chi connectivity index (χ1n) is 6.05. The number of hydrogen-bond donors (Lipinski definition) is 2. The van der Waals surface area contributed by atoms with Crippen molar-refractivity contribution in [3.8, 4) is 0 Å². The van der Waals surface area contributed by atoms with Gasteiger partial charge >= 0.3 is 0 Å². The SMILES string of the molecule is Fc1ccc2c(c1)CNC(CNC1CC1)C2. The third-order valence-corrected chi connectivity index (χ3v) is 3.45. The Morgan fingerprint density at radius 2 is 2.19 bits per heavy atom. The summed E-state index contributed by atoms with van der Waals surface area (Å²) < 4.78 is 13.0. The van der Waals surface area contributed by atoms with Crippen molar-refractivity contribution in [1.82, 2.24) is 10.6 Å². The van der Waals surface area contributed by atoms with Crippen LogP contribution in [-0.4, -0.2) is 18.6 Å². The lowest BCUT2D eigenvalue weighted by Crippen LogP contribution is -2.43. The lowest BCUT2D eigenvalue weighted by molar-refractivity contribution is 0.445. The zero-order valence-corrected chi connectivity index (χ0v) is 9.30. The highest BCUT2D eigenvalue weighted by molar-refractivity contribution is 5.30. The van der Waals surface area contributed by atoms with Crippen LogP contribution in [0, 0.1) is 5.82 Å². The minimum Gasteiger partial charge on any atom is -0.312 e. The van der Waals surface area contributed by atoms with E-state index >= 15 is 0 Å². The highest BCUT2D eigenvalue weighted by atomic mass is 19.1. The van der Waals surface area contributed by atoms with Gasteiger partial charge < -0.3 is 10.6 Å². The van der Waals surface area contributed by atoms with E-state index in [-0.39, 0.29) is 5.82 Å². The van der Waals surface area contributed by atoms with Crippen LogP contribution >= 0.6 is 0 Å². The largest absolute Gasteiger partial charge is 0.312 e. The molecule has 1 atom stereocenters. The summed E-state index contributed by atoms with van der Waals surface area (Å²) in [7, 11) is 0. The Balaban J connectivity index is 1.63. The fourth-order valence-electron chi connectivity index (χ4n) is 2.29. The van der Waals surface area contributed by atoms with Crippen LogP contribution in [0.4, 0.5) is 4.39 Å². The summed E-state index contributed by atoms with van der Waals surface area (Å²) in [5.74, 6) is -0.130. The Kier molecular flexibility index (Phi) is 2.65. The van der Waals surface area contributed by atoms with E-state index in [1.165, 1.54) is 18.4 Å². The fraction of sp³-hybridized carbons (Fsp3) is 0.538. The summed E-state index contributed by atoms with van der Waals surface area (Å²) in [6.07, 6.45) is 3.67. The van der Waals surface area contributed by atoms with Crippen molar-refractivity contribution in [2.45, 2.75) is 37.9 Å². The molecule has 3 rings (SSSR count). The molecule has 0 saturated heterocycles. The van der Waals surface area contributed by atoms with E-state index in [4.69, 9.17) is 0 Å². The van der Waals surface area contributed by atoms with Crippen molar-refractivity contribution in [1.29, 1.82) is 0 Å². The van der Waals surface area contributed by atoms with Gasteiger partial charge in [-0.2, -0.15) is 0 Å². The molecule has 1 heterocycles. The minimum atomic E-state index is -0.130. The van der Waals surface area contributed by atoms with Gasteiger partial charge in [0, 0.05) is 25.2 Å². The molecule has 16 heavy (non-hydrogen) atoms. The first kappa shape index (κ1) is 10.2. The van der Waals surface area contributed by atoms with E-state index in [2.05, 4.69) is 10.6 Å². The number of fused-ring (bicyclic) bond motifs is 1. The predicted octanol–water partition coefficient (Wildman–Crippen LogP) is 1.59. The van der Waals surface area contributed by atoms with E-state index in [1.54, 1.807) is 12.1 Å². The van der Waals surface area contributed by atoms with E-state index in [0.717, 1.165) is 31.1 Å². The van der Waals surface area contributed by atoms with Gasteiger partial charge in [-0.3, -0.25) is 0 Å². The van der Waals surface area contributed by atoms with Gasteiger partial charge in [-0.25, -0.2) is 4.39 Å². The first-order valence-corrected chi connectivity index (χ1v) is 6.05. The van der Waals surface area contributed by atoms with Crippen molar-refractivity contribution in [3.05, 3.63) is 35.1 Å². The normalized spacial score (nSPS) is 24.2. The topological polar surface area (TPSA) is 24.1 Å². The second-order valence-corrected chi connectivity index (χ2v) is 4.88. The Bertz CT molecular complexity index is 388. The quantitative estimate of drug-likeness (QED) is 0.808. The molecular formula is C13H17FN2. The smallest absolute Gasteiger partial charge is 0.123 e. The standard InChI is InChI=1S/C13H17FN2/c14-11-2-1-9-6-13(8-16-12-3-4-12)15-7-10(9)5-11/h1-2,5,12-13,15-16H,3-4,6-8H2. The van der Waals surface area contributed by atoms with Gasteiger partial charge in [0.1, 0.15) is 5.82 Å². The molecule has 1 aliphatic carbocycles. The average molecular weight is 220 g/mol. The zero-order chi connectivity index (χ0) is 11.0. The van der Waals surface area contributed by atoms with Crippen molar-refractivity contribution in [2.24, 2.45) is 0 Å². The van der Waals surface area contributed by atoms with Gasteiger partial charge in [-0.05, 0) is 42.5 Å². The maximum absolute atomic E-state index is 13.0. The first-order chi connectivity index (χ1) is 7.81. The van der Waals surface area contributed by atoms with Crippen LogP contribution in [0.1, 0.15) is 24.0 Å².